The van der Waals surface area contributed by atoms with Gasteiger partial charge in [0.1, 0.15) is 0 Å². The minimum absolute atomic E-state index is 0.00816. The Morgan fingerprint density at radius 2 is 2.10 bits per heavy atom. The number of aromatic amines is 1. The Morgan fingerprint density at radius 1 is 1.24 bits per heavy atom. The maximum atomic E-state index is 5.90. The fourth-order valence-corrected chi connectivity index (χ4v) is 4.18. The van der Waals surface area contributed by atoms with Gasteiger partial charge >= 0.3 is 0 Å². The number of fused-ring (bicyclic) bond motifs is 3. The molecule has 21 heavy (non-hydrogen) atoms. The highest BCUT2D eigenvalue weighted by Gasteiger charge is 2.36. The van der Waals surface area contributed by atoms with Gasteiger partial charge in [-0.25, -0.2) is 0 Å². The summed E-state index contributed by atoms with van der Waals surface area (Å²) in [5.74, 6) is 0.654. The molecule has 0 amide bonds. The van der Waals surface area contributed by atoms with Crippen molar-refractivity contribution < 1.29 is 4.74 Å². The maximum absolute atomic E-state index is 5.90. The van der Waals surface area contributed by atoms with E-state index in [4.69, 9.17) is 4.74 Å². The molecule has 0 saturated carbocycles. The largest absolute Gasteiger partial charge is 0.376 e. The van der Waals surface area contributed by atoms with Crippen molar-refractivity contribution in [3.63, 3.8) is 0 Å². The number of H-pyrrole nitrogens is 1. The zero-order chi connectivity index (χ0) is 14.4. The summed E-state index contributed by atoms with van der Waals surface area (Å²) in [7, 11) is 0. The third kappa shape index (κ3) is 2.29. The number of nitrogens with one attached hydrogen (secondary N) is 2. The molecule has 1 aromatic carbocycles. The van der Waals surface area contributed by atoms with Crippen molar-refractivity contribution in [3.8, 4) is 0 Å². The third-order valence-electron chi connectivity index (χ3n) is 5.10. The van der Waals surface area contributed by atoms with Crippen LogP contribution in [0.2, 0.25) is 0 Å². The average molecular weight is 284 g/mol. The summed E-state index contributed by atoms with van der Waals surface area (Å²) in [6, 6.07) is 9.15. The first kappa shape index (κ1) is 13.4. The highest BCUT2D eigenvalue weighted by Crippen LogP contribution is 2.40. The van der Waals surface area contributed by atoms with Gasteiger partial charge in [-0.3, -0.25) is 0 Å². The Balaban J connectivity index is 1.73. The molecule has 3 nitrogen and oxygen atoms in total. The molecule has 0 bridgehead atoms. The summed E-state index contributed by atoms with van der Waals surface area (Å²) >= 11 is 0. The van der Waals surface area contributed by atoms with E-state index in [1.54, 1.807) is 0 Å². The van der Waals surface area contributed by atoms with Crippen molar-refractivity contribution in [2.24, 2.45) is 5.92 Å². The van der Waals surface area contributed by atoms with E-state index in [2.05, 4.69) is 48.4 Å². The standard InChI is InChI=1S/C18H24N2O/c1-18(2)11-12(8-10-21-18)16-17-14(7-9-19-16)13-5-3-4-6-15(13)20-17/h3-6,12,16,19-20H,7-11H2,1-2H3/t12-,16-/m1/s1. The van der Waals surface area contributed by atoms with Crippen LogP contribution in [0, 0.1) is 5.92 Å². The second-order valence-corrected chi connectivity index (χ2v) is 7.11. The lowest BCUT2D eigenvalue weighted by Crippen LogP contribution is -2.42. The summed E-state index contributed by atoms with van der Waals surface area (Å²) in [5.41, 5.74) is 4.24. The Kier molecular flexibility index (Phi) is 3.09. The molecule has 0 aliphatic carbocycles. The van der Waals surface area contributed by atoms with Gasteiger partial charge in [-0.2, -0.15) is 0 Å². The van der Waals surface area contributed by atoms with E-state index >= 15 is 0 Å². The molecule has 2 aliphatic heterocycles. The minimum atomic E-state index is 0.00816. The monoisotopic (exact) mass is 284 g/mol. The van der Waals surface area contributed by atoms with E-state index in [9.17, 15) is 0 Å². The number of ether oxygens (including phenoxy) is 1. The fourth-order valence-electron chi connectivity index (χ4n) is 4.18. The van der Waals surface area contributed by atoms with Gasteiger partial charge in [0.2, 0.25) is 0 Å². The molecule has 112 valence electrons. The van der Waals surface area contributed by atoms with E-state index in [0.717, 1.165) is 32.4 Å². The molecule has 0 unspecified atom stereocenters. The van der Waals surface area contributed by atoms with Gasteiger partial charge < -0.3 is 15.0 Å². The smallest absolute Gasteiger partial charge is 0.0629 e. The van der Waals surface area contributed by atoms with E-state index in [-0.39, 0.29) is 5.60 Å². The van der Waals surface area contributed by atoms with E-state index in [0.29, 0.717) is 12.0 Å². The first-order valence-corrected chi connectivity index (χ1v) is 8.11. The molecule has 1 saturated heterocycles. The molecule has 1 fully saturated rings. The molecule has 2 N–H and O–H groups in total. The van der Waals surface area contributed by atoms with E-state index in [1.165, 1.54) is 22.2 Å². The first-order chi connectivity index (χ1) is 10.1. The van der Waals surface area contributed by atoms with Crippen molar-refractivity contribution in [2.45, 2.75) is 44.8 Å². The lowest BCUT2D eigenvalue weighted by Gasteiger charge is -2.40. The highest BCUT2D eigenvalue weighted by atomic mass is 16.5. The van der Waals surface area contributed by atoms with Gasteiger partial charge in [0.25, 0.3) is 0 Å². The fraction of sp³-hybridized carbons (Fsp3) is 0.556. The van der Waals surface area contributed by atoms with Crippen molar-refractivity contribution >= 4 is 10.9 Å². The molecular weight excluding hydrogens is 260 g/mol. The van der Waals surface area contributed by atoms with Crippen LogP contribution in [0.25, 0.3) is 10.9 Å². The third-order valence-corrected chi connectivity index (χ3v) is 5.10. The summed E-state index contributed by atoms with van der Waals surface area (Å²) in [6.07, 6.45) is 3.40. The summed E-state index contributed by atoms with van der Waals surface area (Å²) < 4.78 is 5.90. The number of aromatic nitrogens is 1. The van der Waals surface area contributed by atoms with E-state index in [1.807, 2.05) is 0 Å². The zero-order valence-corrected chi connectivity index (χ0v) is 12.9. The van der Waals surface area contributed by atoms with Gasteiger partial charge in [0.05, 0.1) is 11.6 Å². The van der Waals surface area contributed by atoms with Gasteiger partial charge in [-0.1, -0.05) is 18.2 Å². The van der Waals surface area contributed by atoms with Crippen molar-refractivity contribution in [1.82, 2.24) is 10.3 Å². The molecule has 0 spiro atoms. The van der Waals surface area contributed by atoms with Crippen LogP contribution in [-0.4, -0.2) is 23.7 Å². The van der Waals surface area contributed by atoms with Gasteiger partial charge in [0.15, 0.2) is 0 Å². The number of benzene rings is 1. The van der Waals surface area contributed by atoms with Crippen LogP contribution in [-0.2, 0) is 11.2 Å². The Morgan fingerprint density at radius 3 is 2.95 bits per heavy atom. The summed E-state index contributed by atoms with van der Waals surface area (Å²) in [4.78, 5) is 3.69. The van der Waals surface area contributed by atoms with E-state index < -0.39 is 0 Å². The Labute approximate surface area is 126 Å². The van der Waals surface area contributed by atoms with Crippen LogP contribution in [0.3, 0.4) is 0 Å². The minimum Gasteiger partial charge on any atom is -0.376 e. The number of hydrogen-bond donors (Lipinski definition) is 2. The van der Waals surface area contributed by atoms with Crippen LogP contribution >= 0.6 is 0 Å². The topological polar surface area (TPSA) is 37.0 Å². The summed E-state index contributed by atoms with van der Waals surface area (Å²) in [6.45, 7) is 6.39. The van der Waals surface area contributed by atoms with Gasteiger partial charge in [-0.15, -0.1) is 0 Å². The predicted octanol–water partition coefficient (Wildman–Crippen LogP) is 3.56. The van der Waals surface area contributed by atoms with Crippen molar-refractivity contribution in [3.05, 3.63) is 35.5 Å². The zero-order valence-electron chi connectivity index (χ0n) is 12.9. The second kappa shape index (κ2) is 4.85. The van der Waals surface area contributed by atoms with Crippen LogP contribution in [0.15, 0.2) is 24.3 Å². The lowest BCUT2D eigenvalue weighted by atomic mass is 9.80. The van der Waals surface area contributed by atoms with Crippen LogP contribution < -0.4 is 5.32 Å². The average Bonchev–Trinajstić information content (AvgIpc) is 2.84. The molecule has 3 heteroatoms. The SMILES string of the molecule is CC1(C)C[C@H]([C@H]2NCCc3c2[nH]c2ccccc32)CCO1. The van der Waals surface area contributed by atoms with Crippen LogP contribution in [0.5, 0.6) is 0 Å². The molecule has 2 atom stereocenters. The molecule has 3 heterocycles. The molecule has 1 aromatic heterocycles. The van der Waals surface area contributed by atoms with Crippen LogP contribution in [0.1, 0.15) is 44.0 Å². The molecule has 4 rings (SSSR count). The van der Waals surface area contributed by atoms with Crippen molar-refractivity contribution in [2.75, 3.05) is 13.2 Å². The molecular formula is C18H24N2O. The molecule has 2 aromatic rings. The van der Waals surface area contributed by atoms with Crippen molar-refractivity contribution in [1.29, 1.82) is 0 Å². The Bertz CT molecular complexity index is 658. The highest BCUT2D eigenvalue weighted by molar-refractivity contribution is 5.85. The normalized spacial score (nSPS) is 28.5. The number of para-hydroxylation sites is 1. The number of rotatable bonds is 1. The Hall–Kier alpha value is -1.32. The lowest BCUT2D eigenvalue weighted by molar-refractivity contribution is -0.0791. The maximum Gasteiger partial charge on any atom is 0.0629 e. The van der Waals surface area contributed by atoms with Gasteiger partial charge in [-0.05, 0) is 57.2 Å². The summed E-state index contributed by atoms with van der Waals surface area (Å²) in [5, 5.41) is 5.16. The van der Waals surface area contributed by atoms with Crippen LogP contribution in [0.4, 0.5) is 0 Å². The quantitative estimate of drug-likeness (QED) is 0.840. The predicted molar refractivity (Wildman–Crippen MR) is 85.5 cm³/mol. The molecule has 0 radical (unpaired) electrons. The first-order valence-electron chi connectivity index (χ1n) is 8.11. The second-order valence-electron chi connectivity index (χ2n) is 7.11. The molecule has 2 aliphatic rings. The van der Waals surface area contributed by atoms with Gasteiger partial charge in [0, 0.05) is 23.2 Å². The number of hydrogen-bond acceptors (Lipinski definition) is 2.